The number of methoxy groups -OCH3 is 3. The van der Waals surface area contributed by atoms with Gasteiger partial charge >= 0.3 is 0 Å². The summed E-state index contributed by atoms with van der Waals surface area (Å²) in [6, 6.07) is 10.3. The molecule has 2 aromatic carbocycles. The molecule has 0 aliphatic heterocycles. The molecule has 0 heterocycles. The average Bonchev–Trinajstić information content (AvgIpc) is 2.67. The standard InChI is InChI=1S/C19H22N2O5/c1-5-26-15-8-6-14(7-9-15)19(22)21-20-12-13-10-16(23-2)18(25-4)17(11-13)24-3/h6-12H,5H2,1-4H3,(H,21,22). The van der Waals surface area contributed by atoms with Gasteiger partial charge in [-0.3, -0.25) is 4.79 Å². The van der Waals surface area contributed by atoms with E-state index in [2.05, 4.69) is 10.5 Å². The highest BCUT2D eigenvalue weighted by Gasteiger charge is 2.12. The van der Waals surface area contributed by atoms with Crippen LogP contribution in [0.4, 0.5) is 0 Å². The van der Waals surface area contributed by atoms with Gasteiger partial charge in [-0.25, -0.2) is 5.43 Å². The topological polar surface area (TPSA) is 78.4 Å². The van der Waals surface area contributed by atoms with Crippen molar-refractivity contribution < 1.29 is 23.7 Å². The molecule has 0 radical (unpaired) electrons. The number of carbonyl (C=O) groups is 1. The Morgan fingerprint density at radius 2 is 1.65 bits per heavy atom. The van der Waals surface area contributed by atoms with E-state index >= 15 is 0 Å². The van der Waals surface area contributed by atoms with Gasteiger partial charge in [-0.15, -0.1) is 0 Å². The zero-order valence-corrected chi connectivity index (χ0v) is 15.2. The lowest BCUT2D eigenvalue weighted by molar-refractivity contribution is 0.0955. The first-order valence-corrected chi connectivity index (χ1v) is 7.99. The zero-order valence-electron chi connectivity index (χ0n) is 15.2. The summed E-state index contributed by atoms with van der Waals surface area (Å²) in [6.07, 6.45) is 1.50. The number of carbonyl (C=O) groups excluding carboxylic acids is 1. The minimum Gasteiger partial charge on any atom is -0.494 e. The molecule has 138 valence electrons. The van der Waals surface area contributed by atoms with Crippen LogP contribution in [-0.2, 0) is 0 Å². The van der Waals surface area contributed by atoms with Gasteiger partial charge in [0.15, 0.2) is 11.5 Å². The molecule has 1 amide bonds. The summed E-state index contributed by atoms with van der Waals surface area (Å²) in [4.78, 5) is 12.1. The Morgan fingerprint density at radius 3 is 2.15 bits per heavy atom. The number of ether oxygens (including phenoxy) is 4. The van der Waals surface area contributed by atoms with Crippen LogP contribution < -0.4 is 24.4 Å². The smallest absolute Gasteiger partial charge is 0.271 e. The molecule has 0 atom stereocenters. The predicted octanol–water partition coefficient (Wildman–Crippen LogP) is 2.88. The van der Waals surface area contributed by atoms with Crippen molar-refractivity contribution in [2.75, 3.05) is 27.9 Å². The van der Waals surface area contributed by atoms with E-state index in [4.69, 9.17) is 18.9 Å². The van der Waals surface area contributed by atoms with E-state index in [1.807, 2.05) is 6.92 Å². The first-order chi connectivity index (χ1) is 12.6. The fraction of sp³-hybridized carbons (Fsp3) is 0.263. The van der Waals surface area contributed by atoms with E-state index in [-0.39, 0.29) is 5.91 Å². The van der Waals surface area contributed by atoms with Crippen molar-refractivity contribution >= 4 is 12.1 Å². The van der Waals surface area contributed by atoms with Gasteiger partial charge in [0.05, 0.1) is 34.2 Å². The third-order valence-electron chi connectivity index (χ3n) is 3.49. The number of nitrogens with zero attached hydrogens (tertiary/aromatic N) is 1. The Bertz CT molecular complexity index is 747. The molecule has 26 heavy (non-hydrogen) atoms. The van der Waals surface area contributed by atoms with Crippen molar-refractivity contribution in [3.63, 3.8) is 0 Å². The van der Waals surface area contributed by atoms with Gasteiger partial charge in [-0.1, -0.05) is 0 Å². The van der Waals surface area contributed by atoms with Crippen molar-refractivity contribution in [1.29, 1.82) is 0 Å². The van der Waals surface area contributed by atoms with Crippen LogP contribution in [0.25, 0.3) is 0 Å². The summed E-state index contributed by atoms with van der Waals surface area (Å²) in [7, 11) is 4.60. The molecule has 0 aromatic heterocycles. The SMILES string of the molecule is CCOc1ccc(C(=O)NN=Cc2cc(OC)c(OC)c(OC)c2)cc1. The van der Waals surface area contributed by atoms with Crippen LogP contribution in [0, 0.1) is 0 Å². The lowest BCUT2D eigenvalue weighted by Gasteiger charge is -2.12. The van der Waals surface area contributed by atoms with Crippen molar-refractivity contribution in [3.05, 3.63) is 47.5 Å². The van der Waals surface area contributed by atoms with Crippen molar-refractivity contribution in [2.24, 2.45) is 5.10 Å². The lowest BCUT2D eigenvalue weighted by Crippen LogP contribution is -2.17. The van der Waals surface area contributed by atoms with E-state index in [9.17, 15) is 4.79 Å². The Labute approximate surface area is 152 Å². The van der Waals surface area contributed by atoms with Crippen molar-refractivity contribution in [2.45, 2.75) is 6.92 Å². The molecule has 7 heteroatoms. The minimum atomic E-state index is -0.322. The first kappa shape index (κ1) is 19.1. The summed E-state index contributed by atoms with van der Waals surface area (Å²) in [5.74, 6) is 1.89. The van der Waals surface area contributed by atoms with E-state index in [1.165, 1.54) is 27.5 Å². The molecule has 7 nitrogen and oxygen atoms in total. The third kappa shape index (κ3) is 4.66. The van der Waals surface area contributed by atoms with Gasteiger partial charge in [0, 0.05) is 11.1 Å². The Hall–Kier alpha value is -3.22. The molecule has 1 N–H and O–H groups in total. The molecule has 0 bridgehead atoms. The molecule has 2 aromatic rings. The maximum Gasteiger partial charge on any atom is 0.271 e. The number of hydrogen-bond donors (Lipinski definition) is 1. The van der Waals surface area contributed by atoms with Gasteiger partial charge in [-0.05, 0) is 43.3 Å². The molecular weight excluding hydrogens is 336 g/mol. The summed E-state index contributed by atoms with van der Waals surface area (Å²) in [5, 5.41) is 3.98. The van der Waals surface area contributed by atoms with Crippen LogP contribution in [0.15, 0.2) is 41.5 Å². The molecule has 0 unspecified atom stereocenters. The van der Waals surface area contributed by atoms with Gasteiger partial charge < -0.3 is 18.9 Å². The Morgan fingerprint density at radius 1 is 1.04 bits per heavy atom. The molecule has 2 rings (SSSR count). The highest BCUT2D eigenvalue weighted by molar-refractivity contribution is 5.95. The second-order valence-corrected chi connectivity index (χ2v) is 5.12. The fourth-order valence-corrected chi connectivity index (χ4v) is 2.28. The van der Waals surface area contributed by atoms with E-state index in [0.29, 0.717) is 40.7 Å². The predicted molar refractivity (Wildman–Crippen MR) is 98.8 cm³/mol. The van der Waals surface area contributed by atoms with Crippen LogP contribution in [0.1, 0.15) is 22.8 Å². The largest absolute Gasteiger partial charge is 0.494 e. The number of benzene rings is 2. The number of amides is 1. The number of nitrogens with one attached hydrogen (secondary N) is 1. The van der Waals surface area contributed by atoms with E-state index in [1.54, 1.807) is 36.4 Å². The second kappa shape index (κ2) is 9.31. The summed E-state index contributed by atoms with van der Waals surface area (Å²) in [6.45, 7) is 2.48. The van der Waals surface area contributed by atoms with Gasteiger partial charge in [-0.2, -0.15) is 5.10 Å². The second-order valence-electron chi connectivity index (χ2n) is 5.12. The first-order valence-electron chi connectivity index (χ1n) is 7.99. The quantitative estimate of drug-likeness (QED) is 0.580. The van der Waals surface area contributed by atoms with E-state index in [0.717, 1.165) is 0 Å². The van der Waals surface area contributed by atoms with Crippen LogP contribution in [0.3, 0.4) is 0 Å². The number of rotatable bonds is 8. The molecule has 0 saturated carbocycles. The molecule has 0 saturated heterocycles. The zero-order chi connectivity index (χ0) is 18.9. The molecule has 0 spiro atoms. The fourth-order valence-electron chi connectivity index (χ4n) is 2.28. The summed E-state index contributed by atoms with van der Waals surface area (Å²) < 4.78 is 21.2. The molecule has 0 fully saturated rings. The highest BCUT2D eigenvalue weighted by atomic mass is 16.5. The Balaban J connectivity index is 2.08. The number of hydrogen-bond acceptors (Lipinski definition) is 6. The van der Waals surface area contributed by atoms with Gasteiger partial charge in [0.25, 0.3) is 5.91 Å². The minimum absolute atomic E-state index is 0.322. The maximum absolute atomic E-state index is 12.1. The molecular formula is C19H22N2O5. The molecule has 0 aliphatic carbocycles. The Kier molecular flexibility index (Phi) is 6.84. The molecule has 0 aliphatic rings. The van der Waals surface area contributed by atoms with Crippen molar-refractivity contribution in [1.82, 2.24) is 5.43 Å². The normalized spacial score (nSPS) is 10.5. The van der Waals surface area contributed by atoms with Crippen LogP contribution >= 0.6 is 0 Å². The van der Waals surface area contributed by atoms with E-state index < -0.39 is 0 Å². The van der Waals surface area contributed by atoms with Crippen LogP contribution in [-0.4, -0.2) is 40.1 Å². The van der Waals surface area contributed by atoms with Gasteiger partial charge in [0.1, 0.15) is 5.75 Å². The highest BCUT2D eigenvalue weighted by Crippen LogP contribution is 2.37. The van der Waals surface area contributed by atoms with Gasteiger partial charge in [0.2, 0.25) is 5.75 Å². The van der Waals surface area contributed by atoms with Crippen molar-refractivity contribution in [3.8, 4) is 23.0 Å². The summed E-state index contributed by atoms with van der Waals surface area (Å²) in [5.41, 5.74) is 3.65. The van der Waals surface area contributed by atoms with Crippen LogP contribution in [0.2, 0.25) is 0 Å². The maximum atomic E-state index is 12.1. The monoisotopic (exact) mass is 358 g/mol. The number of hydrazone groups is 1. The average molecular weight is 358 g/mol. The third-order valence-corrected chi connectivity index (χ3v) is 3.49. The van der Waals surface area contributed by atoms with Crippen LogP contribution in [0.5, 0.6) is 23.0 Å². The summed E-state index contributed by atoms with van der Waals surface area (Å²) >= 11 is 0. The lowest BCUT2D eigenvalue weighted by atomic mass is 10.2.